The SMILES string of the molecule is Cc1cc(Br)ccc1Nc1cc(F)ccc1CO. The lowest BCUT2D eigenvalue weighted by atomic mass is 10.1. The van der Waals surface area contributed by atoms with Gasteiger partial charge in [0.05, 0.1) is 6.61 Å². The Hall–Kier alpha value is -1.39. The van der Waals surface area contributed by atoms with Gasteiger partial charge >= 0.3 is 0 Å². The van der Waals surface area contributed by atoms with Crippen LogP contribution in [0.4, 0.5) is 15.8 Å². The molecule has 0 spiro atoms. The number of benzene rings is 2. The van der Waals surface area contributed by atoms with Crippen LogP contribution in [0.15, 0.2) is 40.9 Å². The van der Waals surface area contributed by atoms with E-state index in [4.69, 9.17) is 0 Å². The van der Waals surface area contributed by atoms with E-state index >= 15 is 0 Å². The van der Waals surface area contributed by atoms with Crippen molar-refractivity contribution in [2.45, 2.75) is 13.5 Å². The highest BCUT2D eigenvalue weighted by molar-refractivity contribution is 9.10. The normalized spacial score (nSPS) is 10.4. The molecule has 2 N–H and O–H groups in total. The fourth-order valence-corrected chi connectivity index (χ4v) is 2.19. The number of hydrogen-bond acceptors (Lipinski definition) is 2. The number of aliphatic hydroxyl groups excluding tert-OH is 1. The van der Waals surface area contributed by atoms with E-state index in [1.165, 1.54) is 12.1 Å². The predicted octanol–water partition coefficient (Wildman–Crippen LogP) is 4.13. The third-order valence-electron chi connectivity index (χ3n) is 2.70. The molecule has 0 unspecified atom stereocenters. The van der Waals surface area contributed by atoms with E-state index in [2.05, 4.69) is 21.2 Å². The molecule has 0 aromatic heterocycles. The third-order valence-corrected chi connectivity index (χ3v) is 3.19. The Bertz CT molecular complexity index is 572. The molecule has 0 atom stereocenters. The van der Waals surface area contributed by atoms with E-state index in [-0.39, 0.29) is 12.4 Å². The van der Waals surface area contributed by atoms with Crippen LogP contribution in [0.5, 0.6) is 0 Å². The average Bonchev–Trinajstić information content (AvgIpc) is 2.33. The van der Waals surface area contributed by atoms with Crippen LogP contribution in [-0.2, 0) is 6.61 Å². The highest BCUT2D eigenvalue weighted by atomic mass is 79.9. The van der Waals surface area contributed by atoms with Crippen molar-refractivity contribution >= 4 is 27.3 Å². The molecule has 18 heavy (non-hydrogen) atoms. The Morgan fingerprint density at radius 2 is 1.94 bits per heavy atom. The number of hydrogen-bond donors (Lipinski definition) is 2. The van der Waals surface area contributed by atoms with Gasteiger partial charge in [-0.25, -0.2) is 4.39 Å². The summed E-state index contributed by atoms with van der Waals surface area (Å²) in [5, 5.41) is 12.4. The van der Waals surface area contributed by atoms with Gasteiger partial charge in [0.2, 0.25) is 0 Å². The van der Waals surface area contributed by atoms with Crippen LogP contribution in [0.25, 0.3) is 0 Å². The summed E-state index contributed by atoms with van der Waals surface area (Å²) in [6.45, 7) is 1.84. The first-order chi connectivity index (χ1) is 8.60. The molecule has 0 amide bonds. The van der Waals surface area contributed by atoms with Crippen LogP contribution in [0.2, 0.25) is 0 Å². The van der Waals surface area contributed by atoms with Crippen molar-refractivity contribution < 1.29 is 9.50 Å². The average molecular weight is 310 g/mol. The second-order valence-corrected chi connectivity index (χ2v) is 4.96. The minimum absolute atomic E-state index is 0.127. The highest BCUT2D eigenvalue weighted by Crippen LogP contribution is 2.26. The van der Waals surface area contributed by atoms with Gasteiger partial charge in [0.15, 0.2) is 0 Å². The van der Waals surface area contributed by atoms with Gasteiger partial charge in [-0.05, 0) is 42.8 Å². The van der Waals surface area contributed by atoms with Gasteiger partial charge in [0, 0.05) is 21.4 Å². The third kappa shape index (κ3) is 2.89. The van der Waals surface area contributed by atoms with Gasteiger partial charge in [0.25, 0.3) is 0 Å². The molecule has 2 aromatic rings. The van der Waals surface area contributed by atoms with Gasteiger partial charge < -0.3 is 10.4 Å². The molecule has 0 radical (unpaired) electrons. The van der Waals surface area contributed by atoms with Crippen molar-refractivity contribution in [1.82, 2.24) is 0 Å². The maximum atomic E-state index is 13.2. The minimum Gasteiger partial charge on any atom is -0.392 e. The molecule has 0 aliphatic carbocycles. The summed E-state index contributed by atoms with van der Waals surface area (Å²) >= 11 is 3.39. The Labute approximate surface area is 114 Å². The van der Waals surface area contributed by atoms with Crippen LogP contribution >= 0.6 is 15.9 Å². The first-order valence-corrected chi connectivity index (χ1v) is 6.32. The van der Waals surface area contributed by atoms with E-state index in [0.29, 0.717) is 11.3 Å². The summed E-state index contributed by atoms with van der Waals surface area (Å²) in [7, 11) is 0. The number of aliphatic hydroxyl groups is 1. The van der Waals surface area contributed by atoms with Crippen LogP contribution in [-0.4, -0.2) is 5.11 Å². The van der Waals surface area contributed by atoms with Crippen molar-refractivity contribution in [2.24, 2.45) is 0 Å². The Balaban J connectivity index is 2.36. The summed E-state index contributed by atoms with van der Waals surface area (Å²) in [4.78, 5) is 0. The maximum Gasteiger partial charge on any atom is 0.125 e. The number of anilines is 2. The van der Waals surface area contributed by atoms with E-state index in [9.17, 15) is 9.50 Å². The lowest BCUT2D eigenvalue weighted by molar-refractivity contribution is 0.282. The zero-order chi connectivity index (χ0) is 13.1. The molecule has 94 valence electrons. The second kappa shape index (κ2) is 5.50. The number of nitrogens with one attached hydrogen (secondary N) is 1. The molecular formula is C14H13BrFNO. The summed E-state index contributed by atoms with van der Waals surface area (Å²) in [6.07, 6.45) is 0. The maximum absolute atomic E-state index is 13.2. The Kier molecular flexibility index (Phi) is 3.99. The zero-order valence-corrected chi connectivity index (χ0v) is 11.5. The smallest absolute Gasteiger partial charge is 0.125 e. The van der Waals surface area contributed by atoms with E-state index < -0.39 is 0 Å². The van der Waals surface area contributed by atoms with Crippen LogP contribution in [0, 0.1) is 12.7 Å². The Morgan fingerprint density at radius 3 is 2.61 bits per heavy atom. The molecule has 2 aromatic carbocycles. The van der Waals surface area contributed by atoms with Crippen LogP contribution in [0.1, 0.15) is 11.1 Å². The predicted molar refractivity (Wildman–Crippen MR) is 74.5 cm³/mol. The van der Waals surface area contributed by atoms with E-state index in [1.807, 2.05) is 25.1 Å². The first-order valence-electron chi connectivity index (χ1n) is 5.52. The molecule has 0 fully saturated rings. The molecule has 0 heterocycles. The molecule has 0 aliphatic heterocycles. The van der Waals surface area contributed by atoms with E-state index in [1.54, 1.807) is 6.07 Å². The van der Waals surface area contributed by atoms with E-state index in [0.717, 1.165) is 15.7 Å². The first kappa shape index (κ1) is 13.1. The molecule has 0 saturated carbocycles. The lowest BCUT2D eigenvalue weighted by Crippen LogP contribution is -1.98. The van der Waals surface area contributed by atoms with Crippen molar-refractivity contribution in [2.75, 3.05) is 5.32 Å². The van der Waals surface area contributed by atoms with Gasteiger partial charge in [0.1, 0.15) is 5.82 Å². The monoisotopic (exact) mass is 309 g/mol. The molecule has 2 nitrogen and oxygen atoms in total. The quantitative estimate of drug-likeness (QED) is 0.893. The van der Waals surface area contributed by atoms with Crippen LogP contribution < -0.4 is 5.32 Å². The molecule has 0 bridgehead atoms. The van der Waals surface area contributed by atoms with Crippen molar-refractivity contribution in [3.63, 3.8) is 0 Å². The standard InChI is InChI=1S/C14H13BrFNO/c1-9-6-11(15)3-5-13(9)17-14-7-12(16)4-2-10(14)8-18/h2-7,17-18H,8H2,1H3. The largest absolute Gasteiger partial charge is 0.392 e. The Morgan fingerprint density at radius 1 is 1.17 bits per heavy atom. The molecular weight excluding hydrogens is 297 g/mol. The van der Waals surface area contributed by atoms with Gasteiger partial charge in [-0.1, -0.05) is 22.0 Å². The van der Waals surface area contributed by atoms with Crippen molar-refractivity contribution in [1.29, 1.82) is 0 Å². The summed E-state index contributed by atoms with van der Waals surface area (Å²) in [5.74, 6) is -0.329. The molecule has 2 rings (SSSR count). The van der Waals surface area contributed by atoms with Crippen molar-refractivity contribution in [3.8, 4) is 0 Å². The minimum atomic E-state index is -0.329. The van der Waals surface area contributed by atoms with Gasteiger partial charge in [-0.2, -0.15) is 0 Å². The number of halogens is 2. The summed E-state index contributed by atoms with van der Waals surface area (Å²) in [5.41, 5.74) is 3.18. The molecule has 0 aliphatic rings. The summed E-state index contributed by atoms with van der Waals surface area (Å²) in [6, 6.07) is 10.1. The second-order valence-electron chi connectivity index (χ2n) is 4.04. The highest BCUT2D eigenvalue weighted by Gasteiger charge is 2.05. The fourth-order valence-electron chi connectivity index (χ4n) is 1.72. The van der Waals surface area contributed by atoms with Gasteiger partial charge in [-0.3, -0.25) is 0 Å². The summed E-state index contributed by atoms with van der Waals surface area (Å²) < 4.78 is 14.2. The van der Waals surface area contributed by atoms with Crippen molar-refractivity contribution in [3.05, 3.63) is 57.8 Å². The van der Waals surface area contributed by atoms with Crippen LogP contribution in [0.3, 0.4) is 0 Å². The fraction of sp³-hybridized carbons (Fsp3) is 0.143. The number of aryl methyl sites for hydroxylation is 1. The molecule has 4 heteroatoms. The molecule has 0 saturated heterocycles. The van der Waals surface area contributed by atoms with Gasteiger partial charge in [-0.15, -0.1) is 0 Å². The zero-order valence-electron chi connectivity index (χ0n) is 9.87. The topological polar surface area (TPSA) is 32.3 Å². The number of rotatable bonds is 3. The lowest BCUT2D eigenvalue weighted by Gasteiger charge is -2.13.